The highest BCUT2D eigenvalue weighted by molar-refractivity contribution is 5.78. The van der Waals surface area contributed by atoms with Crippen LogP contribution in [0, 0.1) is 5.92 Å². The maximum Gasteiger partial charge on any atom is 0.234 e. The van der Waals surface area contributed by atoms with Crippen LogP contribution < -0.4 is 5.32 Å². The van der Waals surface area contributed by atoms with Crippen molar-refractivity contribution >= 4 is 5.91 Å². The van der Waals surface area contributed by atoms with Crippen LogP contribution in [0.5, 0.6) is 0 Å². The summed E-state index contributed by atoms with van der Waals surface area (Å²) < 4.78 is 0. The molecule has 1 aromatic carbocycles. The summed E-state index contributed by atoms with van der Waals surface area (Å²) in [6, 6.07) is 11.3. The van der Waals surface area contributed by atoms with Gasteiger partial charge in [0.25, 0.3) is 0 Å². The van der Waals surface area contributed by atoms with Gasteiger partial charge in [0, 0.05) is 32.2 Å². The third-order valence-electron chi connectivity index (χ3n) is 5.85. The maximum atomic E-state index is 12.7. The zero-order chi connectivity index (χ0) is 17.6. The van der Waals surface area contributed by atoms with Crippen molar-refractivity contribution < 1.29 is 4.79 Å². The molecule has 1 saturated carbocycles. The molecule has 1 saturated heterocycles. The number of benzene rings is 1. The fourth-order valence-corrected chi connectivity index (χ4v) is 4.28. The molecular weight excluding hydrogens is 310 g/mol. The van der Waals surface area contributed by atoms with Gasteiger partial charge >= 0.3 is 0 Å². The number of carbonyl (C=O) groups excluding carboxylic acids is 1. The number of rotatable bonds is 6. The second-order valence-electron chi connectivity index (χ2n) is 7.91. The normalized spacial score (nSPS) is 21.6. The van der Waals surface area contributed by atoms with Crippen LogP contribution in [0.25, 0.3) is 0 Å². The fraction of sp³-hybridized carbons (Fsp3) is 0.667. The molecule has 1 aromatic rings. The van der Waals surface area contributed by atoms with Crippen molar-refractivity contribution in [2.24, 2.45) is 5.92 Å². The first-order valence-electron chi connectivity index (χ1n) is 9.94. The molecule has 3 rings (SSSR count). The first kappa shape index (κ1) is 18.4. The Bertz CT molecular complexity index is 531. The quantitative estimate of drug-likeness (QED) is 0.862. The molecule has 1 aliphatic carbocycles. The molecule has 0 bridgehead atoms. The number of piperazine rings is 1. The molecule has 0 spiro atoms. The van der Waals surface area contributed by atoms with Crippen molar-refractivity contribution in [3.05, 3.63) is 35.9 Å². The first-order chi connectivity index (χ1) is 12.1. The molecule has 1 aliphatic heterocycles. The Morgan fingerprint density at radius 1 is 1.08 bits per heavy atom. The van der Waals surface area contributed by atoms with Crippen molar-refractivity contribution in [1.29, 1.82) is 0 Å². The zero-order valence-electron chi connectivity index (χ0n) is 15.8. The van der Waals surface area contributed by atoms with E-state index in [2.05, 4.69) is 53.2 Å². The van der Waals surface area contributed by atoms with Gasteiger partial charge in [0.05, 0.1) is 12.6 Å². The lowest BCUT2D eigenvalue weighted by atomic mass is 9.91. The van der Waals surface area contributed by atoms with Gasteiger partial charge in [0.15, 0.2) is 0 Å². The van der Waals surface area contributed by atoms with E-state index in [9.17, 15) is 4.79 Å². The number of carbonyl (C=O) groups is 1. The summed E-state index contributed by atoms with van der Waals surface area (Å²) >= 11 is 0. The monoisotopic (exact) mass is 343 g/mol. The molecule has 0 radical (unpaired) electrons. The van der Waals surface area contributed by atoms with E-state index in [-0.39, 0.29) is 11.9 Å². The molecule has 1 N–H and O–H groups in total. The molecule has 0 aromatic heterocycles. The molecule has 2 fully saturated rings. The van der Waals surface area contributed by atoms with Gasteiger partial charge in [-0.05, 0) is 38.2 Å². The number of nitrogens with zero attached hydrogens (tertiary/aromatic N) is 2. The molecule has 4 nitrogen and oxygen atoms in total. The Morgan fingerprint density at radius 2 is 1.72 bits per heavy atom. The molecule has 138 valence electrons. The van der Waals surface area contributed by atoms with E-state index < -0.39 is 0 Å². The highest BCUT2D eigenvalue weighted by Crippen LogP contribution is 2.35. The predicted octanol–water partition coefficient (Wildman–Crippen LogP) is 3.06. The van der Waals surface area contributed by atoms with Gasteiger partial charge in [-0.25, -0.2) is 0 Å². The SMILES string of the molecule is CC(C)N1CCN(CC(=O)NC(c2ccccc2)C2CCCC2)CC1. The minimum atomic E-state index is 0.174. The lowest BCUT2D eigenvalue weighted by Gasteiger charge is -2.37. The maximum absolute atomic E-state index is 12.7. The van der Waals surface area contributed by atoms with Gasteiger partial charge < -0.3 is 5.32 Å². The molecule has 4 heteroatoms. The van der Waals surface area contributed by atoms with Crippen LogP contribution in [0.2, 0.25) is 0 Å². The van der Waals surface area contributed by atoms with Crippen LogP contribution in [0.15, 0.2) is 30.3 Å². The largest absolute Gasteiger partial charge is 0.348 e. The Balaban J connectivity index is 1.56. The second kappa shape index (κ2) is 8.81. The summed E-state index contributed by atoms with van der Waals surface area (Å²) in [5.74, 6) is 0.767. The number of nitrogens with one attached hydrogen (secondary N) is 1. The van der Waals surface area contributed by atoms with E-state index in [1.807, 2.05) is 6.07 Å². The third-order valence-corrected chi connectivity index (χ3v) is 5.85. The second-order valence-corrected chi connectivity index (χ2v) is 7.91. The smallest absolute Gasteiger partial charge is 0.234 e. The Hall–Kier alpha value is -1.39. The summed E-state index contributed by atoms with van der Waals surface area (Å²) in [6.07, 6.45) is 5.04. The molecule has 1 amide bonds. The standard InChI is InChI=1S/C21H33N3O/c1-17(2)24-14-12-23(13-15-24)16-20(25)22-21(19-10-6-7-11-19)18-8-4-3-5-9-18/h3-5,8-9,17,19,21H,6-7,10-16H2,1-2H3,(H,22,25). The van der Waals surface area contributed by atoms with E-state index in [4.69, 9.17) is 0 Å². The molecule has 2 aliphatic rings. The van der Waals surface area contributed by atoms with Crippen LogP contribution in [-0.4, -0.2) is 54.5 Å². The van der Waals surface area contributed by atoms with Gasteiger partial charge in [-0.3, -0.25) is 14.6 Å². The Morgan fingerprint density at radius 3 is 2.32 bits per heavy atom. The predicted molar refractivity (Wildman–Crippen MR) is 102 cm³/mol. The molecule has 1 atom stereocenters. The van der Waals surface area contributed by atoms with E-state index in [1.165, 1.54) is 31.2 Å². The van der Waals surface area contributed by atoms with E-state index in [0.717, 1.165) is 26.2 Å². The summed E-state index contributed by atoms with van der Waals surface area (Å²) in [7, 11) is 0. The van der Waals surface area contributed by atoms with Crippen molar-refractivity contribution in [2.75, 3.05) is 32.7 Å². The zero-order valence-corrected chi connectivity index (χ0v) is 15.8. The summed E-state index contributed by atoms with van der Waals surface area (Å²) in [4.78, 5) is 17.5. The summed E-state index contributed by atoms with van der Waals surface area (Å²) in [6.45, 7) is 9.13. The van der Waals surface area contributed by atoms with Gasteiger partial charge in [0.1, 0.15) is 0 Å². The minimum absolute atomic E-state index is 0.174. The van der Waals surface area contributed by atoms with E-state index in [0.29, 0.717) is 18.5 Å². The highest BCUT2D eigenvalue weighted by atomic mass is 16.2. The lowest BCUT2D eigenvalue weighted by molar-refractivity contribution is -0.123. The Kier molecular flexibility index (Phi) is 6.49. The summed E-state index contributed by atoms with van der Waals surface area (Å²) in [5, 5.41) is 3.36. The van der Waals surface area contributed by atoms with Gasteiger partial charge in [-0.15, -0.1) is 0 Å². The molecule has 25 heavy (non-hydrogen) atoms. The molecular formula is C21H33N3O. The highest BCUT2D eigenvalue weighted by Gasteiger charge is 2.28. The number of amides is 1. The fourth-order valence-electron chi connectivity index (χ4n) is 4.28. The van der Waals surface area contributed by atoms with Crippen molar-refractivity contribution in [3.8, 4) is 0 Å². The van der Waals surface area contributed by atoms with Crippen LogP contribution in [0.1, 0.15) is 51.1 Å². The van der Waals surface area contributed by atoms with Gasteiger partial charge in [-0.1, -0.05) is 43.2 Å². The number of hydrogen-bond donors (Lipinski definition) is 1. The van der Waals surface area contributed by atoms with Crippen LogP contribution in [0.3, 0.4) is 0 Å². The third kappa shape index (κ3) is 5.05. The summed E-state index contributed by atoms with van der Waals surface area (Å²) in [5.41, 5.74) is 1.26. The van der Waals surface area contributed by atoms with Gasteiger partial charge in [0.2, 0.25) is 5.91 Å². The van der Waals surface area contributed by atoms with Crippen LogP contribution in [0.4, 0.5) is 0 Å². The first-order valence-corrected chi connectivity index (χ1v) is 9.94. The van der Waals surface area contributed by atoms with Crippen LogP contribution >= 0.6 is 0 Å². The van der Waals surface area contributed by atoms with E-state index in [1.54, 1.807) is 0 Å². The number of hydrogen-bond acceptors (Lipinski definition) is 3. The van der Waals surface area contributed by atoms with Crippen molar-refractivity contribution in [2.45, 2.75) is 51.6 Å². The average molecular weight is 344 g/mol. The van der Waals surface area contributed by atoms with Crippen LogP contribution in [-0.2, 0) is 4.79 Å². The topological polar surface area (TPSA) is 35.6 Å². The van der Waals surface area contributed by atoms with E-state index >= 15 is 0 Å². The minimum Gasteiger partial charge on any atom is -0.348 e. The van der Waals surface area contributed by atoms with Crippen molar-refractivity contribution in [1.82, 2.24) is 15.1 Å². The lowest BCUT2D eigenvalue weighted by Crippen LogP contribution is -2.51. The average Bonchev–Trinajstić information content (AvgIpc) is 3.15. The molecule has 1 heterocycles. The Labute approximate surface area is 152 Å². The molecule has 1 unspecified atom stereocenters. The van der Waals surface area contributed by atoms with Crippen molar-refractivity contribution in [3.63, 3.8) is 0 Å². The van der Waals surface area contributed by atoms with Gasteiger partial charge in [-0.2, -0.15) is 0 Å².